The third-order valence-corrected chi connectivity index (χ3v) is 1.88. The summed E-state index contributed by atoms with van der Waals surface area (Å²) in [6.45, 7) is 4.44. The molecule has 0 aliphatic rings. The van der Waals surface area contributed by atoms with Crippen molar-refractivity contribution in [2.45, 2.75) is 38.4 Å². The van der Waals surface area contributed by atoms with E-state index in [1.54, 1.807) is 0 Å². The van der Waals surface area contributed by atoms with Gasteiger partial charge in [-0.3, -0.25) is 0 Å². The normalized spacial score (nSPS) is 17.3. The molecule has 9 heavy (non-hydrogen) atoms. The fraction of sp³-hybridized carbons (Fsp3) is 1.00. The van der Waals surface area contributed by atoms with Crippen LogP contribution >= 0.6 is 9.24 Å². The first-order valence-corrected chi connectivity index (χ1v) is 4.26. The molecule has 0 amide bonds. The molecule has 1 N–H and O–H groups in total. The zero-order valence-electron chi connectivity index (χ0n) is 6.65. The van der Waals surface area contributed by atoms with E-state index >= 15 is 0 Å². The van der Waals surface area contributed by atoms with E-state index in [0.29, 0.717) is 6.04 Å². The molecule has 0 saturated heterocycles. The van der Waals surface area contributed by atoms with Crippen molar-refractivity contribution in [2.24, 2.45) is 0 Å². The van der Waals surface area contributed by atoms with E-state index in [-0.39, 0.29) is 0 Å². The van der Waals surface area contributed by atoms with E-state index in [1.165, 1.54) is 12.8 Å². The van der Waals surface area contributed by atoms with Crippen LogP contribution in [0.1, 0.15) is 26.7 Å². The molecule has 0 spiro atoms. The molecule has 2 unspecified atom stereocenters. The molecule has 0 aliphatic heterocycles. The van der Waals surface area contributed by atoms with Gasteiger partial charge in [0.05, 0.1) is 0 Å². The van der Waals surface area contributed by atoms with Crippen LogP contribution in [0.3, 0.4) is 0 Å². The fourth-order valence-corrected chi connectivity index (χ4v) is 0.850. The molecule has 0 radical (unpaired) electrons. The Morgan fingerprint density at radius 1 is 1.33 bits per heavy atom. The lowest BCUT2D eigenvalue weighted by atomic mass is 10.1. The molecule has 2 heteroatoms. The lowest BCUT2D eigenvalue weighted by molar-refractivity contribution is 0.541. The molecule has 0 bridgehead atoms. The smallest absolute Gasteiger partial charge is 0.00359 e. The summed E-state index contributed by atoms with van der Waals surface area (Å²) in [4.78, 5) is 0. The highest BCUT2D eigenvalue weighted by atomic mass is 31.0. The van der Waals surface area contributed by atoms with E-state index in [9.17, 15) is 0 Å². The van der Waals surface area contributed by atoms with Crippen molar-refractivity contribution in [3.8, 4) is 0 Å². The van der Waals surface area contributed by atoms with E-state index < -0.39 is 0 Å². The Kier molecular flexibility index (Phi) is 5.42. The summed E-state index contributed by atoms with van der Waals surface area (Å²) >= 11 is 0. The average Bonchev–Trinajstić information content (AvgIpc) is 1.83. The van der Waals surface area contributed by atoms with Crippen LogP contribution in [0.15, 0.2) is 0 Å². The van der Waals surface area contributed by atoms with Gasteiger partial charge < -0.3 is 5.32 Å². The highest BCUT2D eigenvalue weighted by Gasteiger charge is 1.98. The third-order valence-electron chi connectivity index (χ3n) is 1.55. The van der Waals surface area contributed by atoms with Gasteiger partial charge in [0, 0.05) is 6.04 Å². The number of hydrogen-bond acceptors (Lipinski definition) is 1. The van der Waals surface area contributed by atoms with Gasteiger partial charge in [0.2, 0.25) is 0 Å². The average molecular weight is 147 g/mol. The van der Waals surface area contributed by atoms with Gasteiger partial charge in [-0.1, -0.05) is 6.92 Å². The largest absolute Gasteiger partial charge is 0.317 e. The minimum Gasteiger partial charge on any atom is -0.317 e. The van der Waals surface area contributed by atoms with E-state index in [4.69, 9.17) is 0 Å². The van der Waals surface area contributed by atoms with Gasteiger partial charge in [-0.15, -0.1) is 9.24 Å². The molecule has 0 fully saturated rings. The predicted octanol–water partition coefficient (Wildman–Crippen LogP) is 1.64. The molecule has 3 atom stereocenters. The van der Waals surface area contributed by atoms with Gasteiger partial charge in [-0.2, -0.15) is 0 Å². The molecule has 0 rings (SSSR count). The topological polar surface area (TPSA) is 12.0 Å². The second-order valence-electron chi connectivity index (χ2n) is 2.74. The highest BCUT2D eigenvalue weighted by molar-refractivity contribution is 7.17. The third kappa shape index (κ3) is 6.27. The Hall–Kier alpha value is 0.390. The molecular formula is C7H18NP. The number of rotatable bonds is 4. The zero-order chi connectivity index (χ0) is 7.28. The van der Waals surface area contributed by atoms with E-state index in [2.05, 4.69) is 28.4 Å². The molecule has 0 aromatic rings. The second-order valence-corrected chi connectivity index (χ2v) is 3.88. The zero-order valence-corrected chi connectivity index (χ0v) is 7.80. The Labute approximate surface area is 60.8 Å². The summed E-state index contributed by atoms with van der Waals surface area (Å²) in [5, 5.41) is 3.21. The molecule has 0 aromatic heterocycles. The van der Waals surface area contributed by atoms with Gasteiger partial charge in [0.15, 0.2) is 0 Å². The lowest BCUT2D eigenvalue weighted by Gasteiger charge is -2.10. The molecule has 56 valence electrons. The molecule has 1 nitrogen and oxygen atoms in total. The molecular weight excluding hydrogens is 129 g/mol. The van der Waals surface area contributed by atoms with Crippen molar-refractivity contribution in [3.05, 3.63) is 0 Å². The summed E-state index contributed by atoms with van der Waals surface area (Å²) < 4.78 is 0. The number of nitrogens with one attached hydrogen (secondary N) is 1. The summed E-state index contributed by atoms with van der Waals surface area (Å²) in [5.41, 5.74) is 0.765. The van der Waals surface area contributed by atoms with Crippen molar-refractivity contribution in [3.63, 3.8) is 0 Å². The first-order chi connectivity index (χ1) is 4.16. The monoisotopic (exact) mass is 147 g/mol. The highest BCUT2D eigenvalue weighted by Crippen LogP contribution is 2.07. The molecule has 0 aromatic carbocycles. The first kappa shape index (κ1) is 9.39. The quantitative estimate of drug-likeness (QED) is 0.596. The summed E-state index contributed by atoms with van der Waals surface area (Å²) in [5.74, 6) is 0. The second kappa shape index (κ2) is 5.20. The van der Waals surface area contributed by atoms with E-state index in [1.807, 2.05) is 7.05 Å². The predicted molar refractivity (Wildman–Crippen MR) is 46.9 cm³/mol. The van der Waals surface area contributed by atoms with Crippen molar-refractivity contribution in [1.29, 1.82) is 0 Å². The Morgan fingerprint density at radius 2 is 1.89 bits per heavy atom. The Bertz CT molecular complexity index is 63.9. The van der Waals surface area contributed by atoms with Crippen LogP contribution < -0.4 is 5.32 Å². The summed E-state index contributed by atoms with van der Waals surface area (Å²) in [6, 6.07) is 0.674. The lowest BCUT2D eigenvalue weighted by Crippen LogP contribution is -2.21. The standard InChI is InChI=1S/C7H18NP/c1-6(8-3)4-5-7(2)9/h6-8H,4-5,9H2,1-3H3/t6?,7-/m0/s1. The Balaban J connectivity index is 3.06. The molecule has 0 aliphatic carbocycles. The minimum absolute atomic E-state index is 0.674. The first-order valence-electron chi connectivity index (χ1n) is 3.59. The van der Waals surface area contributed by atoms with Crippen LogP contribution in [0.25, 0.3) is 0 Å². The van der Waals surface area contributed by atoms with Gasteiger partial charge in [0.1, 0.15) is 0 Å². The maximum absolute atomic E-state index is 3.21. The van der Waals surface area contributed by atoms with Crippen LogP contribution in [0.4, 0.5) is 0 Å². The van der Waals surface area contributed by atoms with Crippen molar-refractivity contribution in [2.75, 3.05) is 7.05 Å². The van der Waals surface area contributed by atoms with Gasteiger partial charge in [-0.05, 0) is 32.5 Å². The molecule has 0 saturated carbocycles. The summed E-state index contributed by atoms with van der Waals surface area (Å²) in [7, 11) is 4.83. The van der Waals surface area contributed by atoms with Crippen LogP contribution in [0.5, 0.6) is 0 Å². The maximum atomic E-state index is 3.21. The number of hydrogen-bond donors (Lipinski definition) is 1. The van der Waals surface area contributed by atoms with Crippen molar-refractivity contribution in [1.82, 2.24) is 5.32 Å². The van der Waals surface area contributed by atoms with Gasteiger partial charge >= 0.3 is 0 Å². The van der Waals surface area contributed by atoms with Crippen LogP contribution in [0, 0.1) is 0 Å². The van der Waals surface area contributed by atoms with Crippen molar-refractivity contribution >= 4 is 9.24 Å². The van der Waals surface area contributed by atoms with Gasteiger partial charge in [-0.25, -0.2) is 0 Å². The summed E-state index contributed by atoms with van der Waals surface area (Å²) in [6.07, 6.45) is 2.58. The Morgan fingerprint density at radius 3 is 2.22 bits per heavy atom. The maximum Gasteiger partial charge on any atom is 0.00359 e. The van der Waals surface area contributed by atoms with E-state index in [0.717, 1.165) is 5.66 Å². The fourth-order valence-electron chi connectivity index (χ4n) is 0.657. The SMILES string of the molecule is CNC(C)CC[C@H](C)P. The van der Waals surface area contributed by atoms with Crippen LogP contribution in [-0.2, 0) is 0 Å². The van der Waals surface area contributed by atoms with Crippen LogP contribution in [-0.4, -0.2) is 18.7 Å². The van der Waals surface area contributed by atoms with Gasteiger partial charge in [0.25, 0.3) is 0 Å². The van der Waals surface area contributed by atoms with Crippen molar-refractivity contribution < 1.29 is 0 Å². The minimum atomic E-state index is 0.674. The molecule has 0 heterocycles. The van der Waals surface area contributed by atoms with Crippen LogP contribution in [0.2, 0.25) is 0 Å².